The Morgan fingerprint density at radius 1 is 0.962 bits per heavy atom. The molecule has 0 atom stereocenters. The zero-order valence-electron chi connectivity index (χ0n) is 15.4. The number of allylic oxidation sites excluding steroid dienone is 1. The lowest BCUT2D eigenvalue weighted by molar-refractivity contribution is 0.149. The second-order valence-electron chi connectivity index (χ2n) is 6.67. The summed E-state index contributed by atoms with van der Waals surface area (Å²) >= 11 is 0. The van der Waals surface area contributed by atoms with E-state index < -0.39 is 0 Å². The summed E-state index contributed by atoms with van der Waals surface area (Å²) in [5.41, 5.74) is 3.46. The fourth-order valence-corrected chi connectivity index (χ4v) is 3.18. The first-order valence-electron chi connectivity index (χ1n) is 9.28. The largest absolute Gasteiger partial charge is 0.322 e. The number of para-hydroxylation sites is 1. The number of benzene rings is 2. The number of hydrogen-bond acceptors (Lipinski definition) is 2. The van der Waals surface area contributed by atoms with E-state index in [1.807, 2.05) is 41.3 Å². The standard InChI is InChI=1S/C22H27N3O/c1-19(20-10-4-2-5-11-20)9-8-14-24-15-17-25(18-16-24)22(26)23-21-12-6-3-7-13-21/h2-7,9-13H,8,14-18H2,1H3,(H,23,26)/b19-9+. The van der Waals surface area contributed by atoms with Crippen LogP contribution in [-0.2, 0) is 0 Å². The van der Waals surface area contributed by atoms with Crippen molar-refractivity contribution in [3.05, 3.63) is 72.3 Å². The Bertz CT molecular complexity index is 720. The first-order chi connectivity index (χ1) is 12.7. The lowest BCUT2D eigenvalue weighted by atomic mass is 10.1. The van der Waals surface area contributed by atoms with Gasteiger partial charge in [0.05, 0.1) is 0 Å². The number of amides is 2. The molecule has 136 valence electrons. The van der Waals surface area contributed by atoms with Crippen molar-refractivity contribution < 1.29 is 4.79 Å². The maximum Gasteiger partial charge on any atom is 0.321 e. The summed E-state index contributed by atoms with van der Waals surface area (Å²) < 4.78 is 0. The zero-order chi connectivity index (χ0) is 18.2. The van der Waals surface area contributed by atoms with Gasteiger partial charge in [-0.3, -0.25) is 4.90 Å². The van der Waals surface area contributed by atoms with Crippen LogP contribution in [0.25, 0.3) is 5.57 Å². The Balaban J connectivity index is 1.40. The molecule has 0 aromatic heterocycles. The highest BCUT2D eigenvalue weighted by molar-refractivity contribution is 5.89. The molecule has 1 heterocycles. The van der Waals surface area contributed by atoms with Gasteiger partial charge in [0, 0.05) is 38.4 Å². The van der Waals surface area contributed by atoms with Crippen LogP contribution < -0.4 is 5.32 Å². The Labute approximate surface area is 156 Å². The van der Waals surface area contributed by atoms with Gasteiger partial charge in [-0.15, -0.1) is 0 Å². The smallest absolute Gasteiger partial charge is 0.321 e. The average molecular weight is 349 g/mol. The number of anilines is 1. The van der Waals surface area contributed by atoms with E-state index in [2.05, 4.69) is 47.5 Å². The lowest BCUT2D eigenvalue weighted by Gasteiger charge is -2.34. The van der Waals surface area contributed by atoms with Crippen LogP contribution in [0.1, 0.15) is 18.9 Å². The Kier molecular flexibility index (Phi) is 6.45. The second kappa shape index (κ2) is 9.20. The van der Waals surface area contributed by atoms with Crippen LogP contribution in [0.15, 0.2) is 66.7 Å². The third-order valence-electron chi connectivity index (χ3n) is 4.81. The van der Waals surface area contributed by atoms with Crippen molar-refractivity contribution >= 4 is 17.3 Å². The molecule has 1 N–H and O–H groups in total. The van der Waals surface area contributed by atoms with Gasteiger partial charge in [0.15, 0.2) is 0 Å². The van der Waals surface area contributed by atoms with Crippen LogP contribution >= 0.6 is 0 Å². The summed E-state index contributed by atoms with van der Waals surface area (Å²) in [5.74, 6) is 0. The van der Waals surface area contributed by atoms with Crippen molar-refractivity contribution in [3.63, 3.8) is 0 Å². The Morgan fingerprint density at radius 2 is 1.58 bits per heavy atom. The highest BCUT2D eigenvalue weighted by Crippen LogP contribution is 2.14. The van der Waals surface area contributed by atoms with Gasteiger partial charge in [0.2, 0.25) is 0 Å². The third-order valence-corrected chi connectivity index (χ3v) is 4.81. The quantitative estimate of drug-likeness (QED) is 0.872. The molecule has 0 saturated carbocycles. The summed E-state index contributed by atoms with van der Waals surface area (Å²) in [4.78, 5) is 16.7. The molecule has 0 aliphatic carbocycles. The molecule has 1 saturated heterocycles. The lowest BCUT2D eigenvalue weighted by Crippen LogP contribution is -2.50. The van der Waals surface area contributed by atoms with Gasteiger partial charge in [-0.2, -0.15) is 0 Å². The van der Waals surface area contributed by atoms with Gasteiger partial charge in [0.1, 0.15) is 0 Å². The predicted molar refractivity (Wildman–Crippen MR) is 108 cm³/mol. The number of carbonyl (C=O) groups is 1. The highest BCUT2D eigenvalue weighted by Gasteiger charge is 2.20. The number of nitrogens with one attached hydrogen (secondary N) is 1. The van der Waals surface area contributed by atoms with Crippen LogP contribution in [0, 0.1) is 0 Å². The molecule has 4 heteroatoms. The van der Waals surface area contributed by atoms with Crippen LogP contribution in [0.2, 0.25) is 0 Å². The molecule has 3 rings (SSSR count). The van der Waals surface area contributed by atoms with Crippen molar-refractivity contribution in [1.29, 1.82) is 0 Å². The monoisotopic (exact) mass is 349 g/mol. The van der Waals surface area contributed by atoms with Crippen molar-refractivity contribution in [2.24, 2.45) is 0 Å². The van der Waals surface area contributed by atoms with Gasteiger partial charge in [-0.1, -0.05) is 54.6 Å². The molecule has 2 aromatic rings. The van der Waals surface area contributed by atoms with Gasteiger partial charge < -0.3 is 10.2 Å². The number of hydrogen-bond donors (Lipinski definition) is 1. The number of urea groups is 1. The number of carbonyl (C=O) groups excluding carboxylic acids is 1. The van der Waals surface area contributed by atoms with E-state index >= 15 is 0 Å². The minimum absolute atomic E-state index is 0.00401. The molecule has 2 aromatic carbocycles. The molecular formula is C22H27N3O. The molecule has 0 spiro atoms. The molecule has 1 aliphatic rings. The van der Waals surface area contributed by atoms with Crippen LogP contribution in [0.4, 0.5) is 10.5 Å². The first kappa shape index (κ1) is 18.2. The van der Waals surface area contributed by atoms with E-state index in [-0.39, 0.29) is 6.03 Å². The zero-order valence-corrected chi connectivity index (χ0v) is 15.4. The maximum atomic E-state index is 12.3. The van der Waals surface area contributed by atoms with E-state index in [1.165, 1.54) is 11.1 Å². The summed E-state index contributed by atoms with van der Waals surface area (Å²) in [6, 6.07) is 20.1. The Morgan fingerprint density at radius 3 is 2.23 bits per heavy atom. The maximum absolute atomic E-state index is 12.3. The van der Waals surface area contributed by atoms with Crippen LogP contribution in [0.3, 0.4) is 0 Å². The number of nitrogens with zero attached hydrogens (tertiary/aromatic N) is 2. The fourth-order valence-electron chi connectivity index (χ4n) is 3.18. The second-order valence-corrected chi connectivity index (χ2v) is 6.67. The highest BCUT2D eigenvalue weighted by atomic mass is 16.2. The van der Waals surface area contributed by atoms with Gasteiger partial charge >= 0.3 is 6.03 Å². The van der Waals surface area contributed by atoms with Crippen molar-refractivity contribution in [2.45, 2.75) is 13.3 Å². The summed E-state index contributed by atoms with van der Waals surface area (Å²) in [6.07, 6.45) is 3.35. The SMILES string of the molecule is C/C(=C\CCN1CCN(C(=O)Nc2ccccc2)CC1)c1ccccc1. The molecule has 0 bridgehead atoms. The molecule has 26 heavy (non-hydrogen) atoms. The first-order valence-corrected chi connectivity index (χ1v) is 9.28. The van der Waals surface area contributed by atoms with Gasteiger partial charge in [-0.25, -0.2) is 4.79 Å². The van der Waals surface area contributed by atoms with Crippen molar-refractivity contribution in [3.8, 4) is 0 Å². The van der Waals surface area contributed by atoms with E-state index in [9.17, 15) is 4.79 Å². The minimum Gasteiger partial charge on any atom is -0.322 e. The van der Waals surface area contributed by atoms with E-state index in [1.54, 1.807) is 0 Å². The van der Waals surface area contributed by atoms with E-state index in [4.69, 9.17) is 0 Å². The molecule has 2 amide bonds. The van der Waals surface area contributed by atoms with Crippen LogP contribution in [-0.4, -0.2) is 48.6 Å². The minimum atomic E-state index is -0.00401. The van der Waals surface area contributed by atoms with Crippen LogP contribution in [0.5, 0.6) is 0 Å². The molecule has 0 unspecified atom stereocenters. The molecule has 1 fully saturated rings. The molecular weight excluding hydrogens is 322 g/mol. The van der Waals surface area contributed by atoms with Gasteiger partial charge in [-0.05, 0) is 36.6 Å². The molecule has 1 aliphatic heterocycles. The summed E-state index contributed by atoms with van der Waals surface area (Å²) in [7, 11) is 0. The Hall–Kier alpha value is -2.59. The van der Waals surface area contributed by atoms with E-state index in [0.29, 0.717) is 0 Å². The summed E-state index contributed by atoms with van der Waals surface area (Å²) in [6.45, 7) is 6.63. The number of rotatable bonds is 5. The fraction of sp³-hybridized carbons (Fsp3) is 0.318. The topological polar surface area (TPSA) is 35.6 Å². The molecule has 0 radical (unpaired) electrons. The van der Waals surface area contributed by atoms with Crippen molar-refractivity contribution in [1.82, 2.24) is 9.80 Å². The van der Waals surface area contributed by atoms with E-state index in [0.717, 1.165) is 44.8 Å². The van der Waals surface area contributed by atoms with Gasteiger partial charge in [0.25, 0.3) is 0 Å². The third kappa shape index (κ3) is 5.20. The molecule has 4 nitrogen and oxygen atoms in total. The average Bonchev–Trinajstić information content (AvgIpc) is 2.70. The van der Waals surface area contributed by atoms with Crippen molar-refractivity contribution in [2.75, 3.05) is 38.0 Å². The number of piperazine rings is 1. The normalized spacial score (nSPS) is 15.7. The summed E-state index contributed by atoms with van der Waals surface area (Å²) in [5, 5.41) is 2.96. The predicted octanol–water partition coefficient (Wildman–Crippen LogP) is 4.33.